The van der Waals surface area contributed by atoms with E-state index in [0.717, 1.165) is 23.2 Å². The van der Waals surface area contributed by atoms with Gasteiger partial charge in [-0.1, -0.05) is 60.6 Å². The Kier molecular flexibility index (Phi) is 6.73. The monoisotopic (exact) mass is 405 g/mol. The lowest BCUT2D eigenvalue weighted by molar-refractivity contribution is -0.121. The third-order valence-corrected chi connectivity index (χ3v) is 5.85. The van der Waals surface area contributed by atoms with Crippen LogP contribution in [-0.4, -0.2) is 17.6 Å². The molecule has 2 amide bonds. The van der Waals surface area contributed by atoms with Gasteiger partial charge in [0.2, 0.25) is 11.8 Å². The van der Waals surface area contributed by atoms with E-state index in [1.165, 1.54) is 17.3 Å². The Morgan fingerprint density at radius 1 is 1.21 bits per heavy atom. The molecule has 1 atom stereocenters. The van der Waals surface area contributed by atoms with Crippen molar-refractivity contribution in [2.24, 2.45) is 0 Å². The van der Waals surface area contributed by atoms with E-state index >= 15 is 0 Å². The number of carbonyl (C=O) groups is 2. The van der Waals surface area contributed by atoms with E-state index < -0.39 is 0 Å². The molecule has 0 radical (unpaired) electrons. The third kappa shape index (κ3) is 5.27. The van der Waals surface area contributed by atoms with Crippen LogP contribution in [0.4, 0.5) is 5.69 Å². The SMILES string of the molecule is CCc1ccc(NC(=O)CSC2=C(C#N)[C@@H](c3ccc(C)cc3)CC(=O)N2)cc1. The average molecular weight is 406 g/mol. The first-order valence-electron chi connectivity index (χ1n) is 9.52. The summed E-state index contributed by atoms with van der Waals surface area (Å²) in [7, 11) is 0. The van der Waals surface area contributed by atoms with Crippen molar-refractivity contribution < 1.29 is 9.59 Å². The Morgan fingerprint density at radius 2 is 1.90 bits per heavy atom. The molecule has 2 aromatic carbocycles. The number of aryl methyl sites for hydroxylation is 2. The zero-order chi connectivity index (χ0) is 20.8. The smallest absolute Gasteiger partial charge is 0.234 e. The number of amides is 2. The van der Waals surface area contributed by atoms with Crippen molar-refractivity contribution in [2.75, 3.05) is 11.1 Å². The first kappa shape index (κ1) is 20.7. The highest BCUT2D eigenvalue weighted by Gasteiger charge is 2.29. The van der Waals surface area contributed by atoms with Gasteiger partial charge in [0, 0.05) is 18.0 Å². The van der Waals surface area contributed by atoms with Gasteiger partial charge in [-0.2, -0.15) is 5.26 Å². The van der Waals surface area contributed by atoms with Crippen LogP contribution in [0, 0.1) is 18.3 Å². The number of nitrogens with zero attached hydrogens (tertiary/aromatic N) is 1. The van der Waals surface area contributed by atoms with Gasteiger partial charge >= 0.3 is 0 Å². The van der Waals surface area contributed by atoms with Gasteiger partial charge in [0.15, 0.2) is 0 Å². The molecule has 0 bridgehead atoms. The highest BCUT2D eigenvalue weighted by Crippen LogP contribution is 2.36. The van der Waals surface area contributed by atoms with Crippen molar-refractivity contribution >= 4 is 29.3 Å². The molecule has 0 spiro atoms. The second-order valence-corrected chi connectivity index (χ2v) is 7.94. The minimum atomic E-state index is -0.290. The third-order valence-electron chi connectivity index (χ3n) is 4.83. The number of thioether (sulfide) groups is 1. The molecular weight excluding hydrogens is 382 g/mol. The predicted octanol–water partition coefficient (Wildman–Crippen LogP) is 4.27. The molecule has 0 saturated carbocycles. The Balaban J connectivity index is 1.71. The lowest BCUT2D eigenvalue weighted by Gasteiger charge is -2.25. The Labute approximate surface area is 175 Å². The Hall–Kier alpha value is -3.04. The topological polar surface area (TPSA) is 82.0 Å². The molecule has 0 saturated heterocycles. The second-order valence-electron chi connectivity index (χ2n) is 6.96. The number of allylic oxidation sites excluding steroid dienone is 1. The van der Waals surface area contributed by atoms with Crippen molar-refractivity contribution in [1.82, 2.24) is 5.32 Å². The molecule has 5 nitrogen and oxygen atoms in total. The largest absolute Gasteiger partial charge is 0.325 e. The fourth-order valence-corrected chi connectivity index (χ4v) is 4.05. The van der Waals surface area contributed by atoms with Crippen LogP contribution >= 0.6 is 11.8 Å². The van der Waals surface area contributed by atoms with Gasteiger partial charge in [-0.3, -0.25) is 9.59 Å². The molecule has 6 heteroatoms. The summed E-state index contributed by atoms with van der Waals surface area (Å²) in [6.45, 7) is 4.07. The number of nitriles is 1. The highest BCUT2D eigenvalue weighted by molar-refractivity contribution is 8.03. The van der Waals surface area contributed by atoms with Gasteiger partial charge in [0.05, 0.1) is 22.4 Å². The molecule has 29 heavy (non-hydrogen) atoms. The first-order chi connectivity index (χ1) is 14.0. The fourth-order valence-electron chi connectivity index (χ4n) is 3.18. The molecule has 0 aliphatic carbocycles. The van der Waals surface area contributed by atoms with E-state index in [-0.39, 0.29) is 29.9 Å². The van der Waals surface area contributed by atoms with Gasteiger partial charge < -0.3 is 10.6 Å². The number of carbonyl (C=O) groups excluding carboxylic acids is 2. The zero-order valence-electron chi connectivity index (χ0n) is 16.5. The summed E-state index contributed by atoms with van der Waals surface area (Å²) in [6, 6.07) is 17.8. The summed E-state index contributed by atoms with van der Waals surface area (Å²) in [5.74, 6) is -0.512. The minimum absolute atomic E-state index is 0.108. The maximum absolute atomic E-state index is 12.3. The molecule has 0 unspecified atom stereocenters. The highest BCUT2D eigenvalue weighted by atomic mass is 32.2. The second kappa shape index (κ2) is 9.44. The van der Waals surface area contributed by atoms with E-state index in [2.05, 4.69) is 23.6 Å². The molecule has 1 aliphatic rings. The van der Waals surface area contributed by atoms with Crippen LogP contribution < -0.4 is 10.6 Å². The van der Waals surface area contributed by atoms with E-state index in [1.54, 1.807) is 0 Å². The van der Waals surface area contributed by atoms with E-state index in [1.807, 2.05) is 55.5 Å². The van der Waals surface area contributed by atoms with Gasteiger partial charge in [0.25, 0.3) is 0 Å². The minimum Gasteiger partial charge on any atom is -0.325 e. The molecule has 1 heterocycles. The standard InChI is InChI=1S/C23H23N3O2S/c1-3-16-6-10-18(11-7-16)25-22(28)14-29-23-20(13-24)19(12-21(27)26-23)17-8-4-15(2)5-9-17/h4-11,19H,3,12,14H2,1-2H3,(H,25,28)(H,26,27)/t19-/m1/s1. The van der Waals surface area contributed by atoms with Crippen LogP contribution in [0.3, 0.4) is 0 Å². The lowest BCUT2D eigenvalue weighted by atomic mass is 9.87. The lowest BCUT2D eigenvalue weighted by Crippen LogP contribution is -2.31. The van der Waals surface area contributed by atoms with Crippen molar-refractivity contribution in [1.29, 1.82) is 5.26 Å². The van der Waals surface area contributed by atoms with Gasteiger partial charge in [-0.25, -0.2) is 0 Å². The Morgan fingerprint density at radius 3 is 2.52 bits per heavy atom. The summed E-state index contributed by atoms with van der Waals surface area (Å²) in [6.07, 6.45) is 1.17. The summed E-state index contributed by atoms with van der Waals surface area (Å²) in [5, 5.41) is 15.8. The van der Waals surface area contributed by atoms with E-state index in [0.29, 0.717) is 10.6 Å². The quantitative estimate of drug-likeness (QED) is 0.752. The van der Waals surface area contributed by atoms with Crippen LogP contribution in [0.15, 0.2) is 59.1 Å². The number of hydrogen-bond acceptors (Lipinski definition) is 4. The molecule has 0 aromatic heterocycles. The van der Waals surface area contributed by atoms with Crippen molar-refractivity contribution in [2.45, 2.75) is 32.6 Å². The average Bonchev–Trinajstić information content (AvgIpc) is 2.73. The number of nitrogens with one attached hydrogen (secondary N) is 2. The van der Waals surface area contributed by atoms with Crippen LogP contribution in [0.5, 0.6) is 0 Å². The predicted molar refractivity (Wildman–Crippen MR) is 116 cm³/mol. The summed E-state index contributed by atoms with van der Waals surface area (Å²) >= 11 is 1.18. The molecule has 0 fully saturated rings. The Bertz CT molecular complexity index is 973. The van der Waals surface area contributed by atoms with Crippen LogP contribution in [0.25, 0.3) is 0 Å². The number of anilines is 1. The van der Waals surface area contributed by atoms with Crippen LogP contribution in [-0.2, 0) is 16.0 Å². The molecule has 1 aliphatic heterocycles. The van der Waals surface area contributed by atoms with Crippen molar-refractivity contribution in [3.63, 3.8) is 0 Å². The van der Waals surface area contributed by atoms with E-state index in [4.69, 9.17) is 0 Å². The van der Waals surface area contributed by atoms with Crippen LogP contribution in [0.1, 0.15) is 36.0 Å². The molecule has 2 N–H and O–H groups in total. The normalized spacial score (nSPS) is 16.2. The van der Waals surface area contributed by atoms with Gasteiger partial charge in [-0.15, -0.1) is 0 Å². The van der Waals surface area contributed by atoms with Gasteiger partial charge in [0.1, 0.15) is 0 Å². The summed E-state index contributed by atoms with van der Waals surface area (Å²) in [5.41, 5.74) is 4.48. The molecule has 3 rings (SSSR count). The number of rotatable bonds is 6. The van der Waals surface area contributed by atoms with Crippen molar-refractivity contribution in [3.05, 3.63) is 75.8 Å². The van der Waals surface area contributed by atoms with Crippen molar-refractivity contribution in [3.8, 4) is 6.07 Å². The summed E-state index contributed by atoms with van der Waals surface area (Å²) in [4.78, 5) is 24.5. The molecule has 148 valence electrons. The molecular formula is C23H23N3O2S. The fraction of sp³-hybridized carbons (Fsp3) is 0.261. The first-order valence-corrected chi connectivity index (χ1v) is 10.5. The summed E-state index contributed by atoms with van der Waals surface area (Å²) < 4.78 is 0. The van der Waals surface area contributed by atoms with E-state index in [9.17, 15) is 14.9 Å². The number of benzene rings is 2. The maximum atomic E-state index is 12.3. The number of hydrogen-bond donors (Lipinski definition) is 2. The van der Waals surface area contributed by atoms with Crippen LogP contribution in [0.2, 0.25) is 0 Å². The maximum Gasteiger partial charge on any atom is 0.234 e. The van der Waals surface area contributed by atoms with Gasteiger partial charge in [-0.05, 0) is 36.6 Å². The zero-order valence-corrected chi connectivity index (χ0v) is 17.3. The molecule has 2 aromatic rings.